The Kier molecular flexibility index (Phi) is 5.81. The lowest BCUT2D eigenvalue weighted by Crippen LogP contribution is -2.34. The minimum absolute atomic E-state index is 0.333. The molecule has 3 nitrogen and oxygen atoms in total. The highest BCUT2D eigenvalue weighted by atomic mass is 16.2. The number of amides is 1. The van der Waals surface area contributed by atoms with Gasteiger partial charge in [0, 0.05) is 19.0 Å². The third-order valence-corrected chi connectivity index (χ3v) is 3.56. The van der Waals surface area contributed by atoms with E-state index in [0.717, 1.165) is 25.8 Å². The van der Waals surface area contributed by atoms with Crippen molar-refractivity contribution in [1.29, 1.82) is 0 Å². The summed E-state index contributed by atoms with van der Waals surface area (Å²) < 4.78 is 0. The predicted octanol–water partition coefficient (Wildman–Crippen LogP) is 2.15. The molecule has 1 heterocycles. The van der Waals surface area contributed by atoms with Crippen LogP contribution in [0.3, 0.4) is 0 Å². The van der Waals surface area contributed by atoms with Crippen molar-refractivity contribution in [2.45, 2.75) is 58.4 Å². The first-order valence-electron chi connectivity index (χ1n) is 6.68. The Morgan fingerprint density at radius 3 is 2.69 bits per heavy atom. The van der Waals surface area contributed by atoms with Crippen LogP contribution in [0.2, 0.25) is 0 Å². The van der Waals surface area contributed by atoms with Gasteiger partial charge in [-0.1, -0.05) is 26.2 Å². The fourth-order valence-electron chi connectivity index (χ4n) is 2.51. The first kappa shape index (κ1) is 13.5. The molecule has 1 fully saturated rings. The van der Waals surface area contributed by atoms with Crippen molar-refractivity contribution in [1.82, 2.24) is 4.90 Å². The maximum atomic E-state index is 12.0. The van der Waals surface area contributed by atoms with Gasteiger partial charge in [0.05, 0.1) is 0 Å². The molecule has 1 aliphatic rings. The Labute approximate surface area is 99.4 Å². The van der Waals surface area contributed by atoms with Gasteiger partial charge in [-0.15, -0.1) is 0 Å². The number of nitrogens with two attached hydrogens (primary N) is 1. The third-order valence-electron chi connectivity index (χ3n) is 3.56. The zero-order chi connectivity index (χ0) is 12.0. The van der Waals surface area contributed by atoms with Crippen molar-refractivity contribution >= 4 is 5.91 Å². The monoisotopic (exact) mass is 226 g/mol. The fraction of sp³-hybridized carbons (Fsp3) is 0.923. The van der Waals surface area contributed by atoms with Gasteiger partial charge < -0.3 is 10.6 Å². The van der Waals surface area contributed by atoms with Crippen LogP contribution in [0.5, 0.6) is 0 Å². The number of nitrogens with zero attached hydrogens (tertiary/aromatic N) is 1. The van der Waals surface area contributed by atoms with Gasteiger partial charge in [0.1, 0.15) is 0 Å². The Morgan fingerprint density at radius 1 is 1.38 bits per heavy atom. The van der Waals surface area contributed by atoms with Gasteiger partial charge in [-0.05, 0) is 32.2 Å². The molecule has 2 N–H and O–H groups in total. The van der Waals surface area contributed by atoms with Gasteiger partial charge in [-0.2, -0.15) is 0 Å². The lowest BCUT2D eigenvalue weighted by Gasteiger charge is -2.21. The van der Waals surface area contributed by atoms with Crippen molar-refractivity contribution in [3.63, 3.8) is 0 Å². The molecule has 2 unspecified atom stereocenters. The quantitative estimate of drug-likeness (QED) is 0.705. The van der Waals surface area contributed by atoms with Crippen LogP contribution in [0.1, 0.15) is 52.4 Å². The maximum absolute atomic E-state index is 12.0. The molecule has 0 aromatic heterocycles. The summed E-state index contributed by atoms with van der Waals surface area (Å²) in [5.74, 6) is 0.856. The molecule has 2 atom stereocenters. The van der Waals surface area contributed by atoms with Crippen molar-refractivity contribution < 1.29 is 4.79 Å². The molecule has 1 aliphatic heterocycles. The Hall–Kier alpha value is -0.570. The van der Waals surface area contributed by atoms with Crippen LogP contribution in [0.15, 0.2) is 0 Å². The largest absolute Gasteiger partial charge is 0.340 e. The SMILES string of the molecule is CCCCCCC(=O)N1CC(CN)CC1C. The van der Waals surface area contributed by atoms with Crippen molar-refractivity contribution in [2.24, 2.45) is 11.7 Å². The molecule has 16 heavy (non-hydrogen) atoms. The van der Waals surface area contributed by atoms with Gasteiger partial charge in [-0.25, -0.2) is 0 Å². The molecule has 94 valence electrons. The second-order valence-corrected chi connectivity index (χ2v) is 5.04. The number of carbonyl (C=O) groups is 1. The van der Waals surface area contributed by atoms with Crippen molar-refractivity contribution in [3.05, 3.63) is 0 Å². The molecular formula is C13H26N2O. The summed E-state index contributed by atoms with van der Waals surface area (Å²) in [5.41, 5.74) is 5.66. The predicted molar refractivity (Wildman–Crippen MR) is 67.1 cm³/mol. The van der Waals surface area contributed by atoms with Gasteiger partial charge >= 0.3 is 0 Å². The number of rotatable bonds is 6. The zero-order valence-electron chi connectivity index (χ0n) is 10.7. The molecule has 0 bridgehead atoms. The number of hydrogen-bond acceptors (Lipinski definition) is 2. The molecular weight excluding hydrogens is 200 g/mol. The molecule has 1 rings (SSSR count). The summed E-state index contributed by atoms with van der Waals surface area (Å²) in [4.78, 5) is 14.0. The van der Waals surface area contributed by atoms with Crippen molar-refractivity contribution in [3.8, 4) is 0 Å². The van der Waals surface area contributed by atoms with Crippen LogP contribution in [0, 0.1) is 5.92 Å². The molecule has 0 aromatic rings. The highest BCUT2D eigenvalue weighted by molar-refractivity contribution is 5.76. The first-order valence-corrected chi connectivity index (χ1v) is 6.68. The molecule has 3 heteroatoms. The fourth-order valence-corrected chi connectivity index (χ4v) is 2.51. The average molecular weight is 226 g/mol. The van der Waals surface area contributed by atoms with E-state index < -0.39 is 0 Å². The van der Waals surface area contributed by atoms with E-state index in [4.69, 9.17) is 5.73 Å². The second kappa shape index (κ2) is 6.89. The van der Waals surface area contributed by atoms with E-state index >= 15 is 0 Å². The van der Waals surface area contributed by atoms with Crippen LogP contribution in [0.4, 0.5) is 0 Å². The Bertz CT molecular complexity index is 218. The highest BCUT2D eigenvalue weighted by Crippen LogP contribution is 2.23. The zero-order valence-corrected chi connectivity index (χ0v) is 10.7. The lowest BCUT2D eigenvalue weighted by molar-refractivity contribution is -0.131. The smallest absolute Gasteiger partial charge is 0.222 e. The van der Waals surface area contributed by atoms with E-state index in [1.165, 1.54) is 19.3 Å². The van der Waals surface area contributed by atoms with E-state index in [-0.39, 0.29) is 0 Å². The summed E-state index contributed by atoms with van der Waals surface area (Å²) in [7, 11) is 0. The molecule has 1 amide bonds. The highest BCUT2D eigenvalue weighted by Gasteiger charge is 2.30. The second-order valence-electron chi connectivity index (χ2n) is 5.04. The summed E-state index contributed by atoms with van der Waals surface area (Å²) >= 11 is 0. The van der Waals surface area contributed by atoms with Crippen LogP contribution in [-0.4, -0.2) is 29.9 Å². The van der Waals surface area contributed by atoms with E-state index in [0.29, 0.717) is 24.4 Å². The van der Waals surface area contributed by atoms with E-state index in [2.05, 4.69) is 13.8 Å². The van der Waals surface area contributed by atoms with Crippen LogP contribution in [0.25, 0.3) is 0 Å². The van der Waals surface area contributed by atoms with Gasteiger partial charge in [-0.3, -0.25) is 4.79 Å². The number of hydrogen-bond donors (Lipinski definition) is 1. The van der Waals surface area contributed by atoms with E-state index in [1.54, 1.807) is 0 Å². The maximum Gasteiger partial charge on any atom is 0.222 e. The Morgan fingerprint density at radius 2 is 2.12 bits per heavy atom. The summed E-state index contributed by atoms with van der Waals surface area (Å²) in [6, 6.07) is 0.396. The summed E-state index contributed by atoms with van der Waals surface area (Å²) in [5, 5.41) is 0. The lowest BCUT2D eigenvalue weighted by atomic mass is 10.1. The molecule has 0 radical (unpaired) electrons. The minimum Gasteiger partial charge on any atom is -0.340 e. The topological polar surface area (TPSA) is 46.3 Å². The molecule has 0 saturated carbocycles. The first-order chi connectivity index (χ1) is 7.69. The number of unbranched alkanes of at least 4 members (excludes halogenated alkanes) is 3. The van der Waals surface area contributed by atoms with Gasteiger partial charge in [0.15, 0.2) is 0 Å². The van der Waals surface area contributed by atoms with Gasteiger partial charge in [0.25, 0.3) is 0 Å². The molecule has 0 aliphatic carbocycles. The molecule has 0 aromatic carbocycles. The standard InChI is InChI=1S/C13H26N2O/c1-3-4-5-6-7-13(16)15-10-12(9-14)8-11(15)2/h11-12H,3-10,14H2,1-2H3. The summed E-state index contributed by atoms with van der Waals surface area (Å²) in [6.45, 7) is 5.92. The molecule has 1 saturated heterocycles. The third kappa shape index (κ3) is 3.78. The van der Waals surface area contributed by atoms with Crippen molar-refractivity contribution in [2.75, 3.05) is 13.1 Å². The van der Waals surface area contributed by atoms with Gasteiger partial charge in [0.2, 0.25) is 5.91 Å². The average Bonchev–Trinajstić information content (AvgIpc) is 2.66. The Balaban J connectivity index is 2.25. The van der Waals surface area contributed by atoms with Crippen LogP contribution < -0.4 is 5.73 Å². The van der Waals surface area contributed by atoms with Crippen LogP contribution >= 0.6 is 0 Å². The van der Waals surface area contributed by atoms with E-state index in [1.807, 2.05) is 4.90 Å². The van der Waals surface area contributed by atoms with Crippen LogP contribution in [-0.2, 0) is 4.79 Å². The number of likely N-dealkylation sites (tertiary alicyclic amines) is 1. The van der Waals surface area contributed by atoms with E-state index in [9.17, 15) is 4.79 Å². The molecule has 0 spiro atoms. The summed E-state index contributed by atoms with van der Waals surface area (Å²) in [6.07, 6.45) is 6.50. The minimum atomic E-state index is 0.333. The normalized spacial score (nSPS) is 25.1. The number of carbonyl (C=O) groups excluding carboxylic acids is 1.